The van der Waals surface area contributed by atoms with Crippen LogP contribution in [0.3, 0.4) is 0 Å². The molecule has 6 rings (SSSR count). The van der Waals surface area contributed by atoms with E-state index in [4.69, 9.17) is 14.2 Å². The van der Waals surface area contributed by atoms with Gasteiger partial charge in [0.25, 0.3) is 0 Å². The Labute approximate surface area is 173 Å². The molecule has 2 amide bonds. The molecular weight excluding hydrogens is 384 g/mol. The molecule has 0 aliphatic carbocycles. The normalized spacial score (nSPS) is 30.1. The van der Waals surface area contributed by atoms with Gasteiger partial charge in [-0.15, -0.1) is 0 Å². The maximum Gasteiger partial charge on any atom is 0.231 e. The van der Waals surface area contributed by atoms with Gasteiger partial charge in [0, 0.05) is 12.2 Å². The molecule has 30 heavy (non-hydrogen) atoms. The number of nitrogens with zero attached hydrogens (tertiary/aromatic N) is 1. The molecule has 0 unspecified atom stereocenters. The predicted molar refractivity (Wildman–Crippen MR) is 107 cm³/mol. The average molecular weight is 404 g/mol. The second-order valence-corrected chi connectivity index (χ2v) is 8.14. The first-order chi connectivity index (χ1) is 14.6. The summed E-state index contributed by atoms with van der Waals surface area (Å²) in [6, 6.07) is 15.0. The number of likely N-dealkylation sites (tertiary alicyclic amines) is 1. The van der Waals surface area contributed by atoms with E-state index >= 15 is 0 Å². The molecule has 0 radical (unpaired) electrons. The first kappa shape index (κ1) is 17.5. The molecule has 2 bridgehead atoms. The van der Waals surface area contributed by atoms with Crippen molar-refractivity contribution in [3.63, 3.8) is 0 Å². The second kappa shape index (κ2) is 6.34. The van der Waals surface area contributed by atoms with Gasteiger partial charge < -0.3 is 24.4 Å². The van der Waals surface area contributed by atoms with E-state index in [0.29, 0.717) is 30.3 Å². The predicted octanol–water partition coefficient (Wildman–Crippen LogP) is 2.34. The lowest BCUT2D eigenvalue weighted by Gasteiger charge is -2.23. The summed E-state index contributed by atoms with van der Waals surface area (Å²) in [6.07, 6.45) is 3.52. The van der Waals surface area contributed by atoms with Crippen LogP contribution in [0.1, 0.15) is 5.56 Å². The van der Waals surface area contributed by atoms with Crippen molar-refractivity contribution >= 4 is 17.5 Å². The van der Waals surface area contributed by atoms with Crippen LogP contribution < -0.4 is 14.8 Å². The Morgan fingerprint density at radius 2 is 1.97 bits per heavy atom. The molecule has 2 aromatic rings. The van der Waals surface area contributed by atoms with E-state index in [-0.39, 0.29) is 24.7 Å². The fraction of sp³-hybridized carbons (Fsp3) is 0.304. The molecule has 152 valence electrons. The number of carbonyl (C=O) groups is 2. The van der Waals surface area contributed by atoms with Gasteiger partial charge >= 0.3 is 0 Å². The molecule has 0 aromatic heterocycles. The number of anilines is 1. The minimum atomic E-state index is -0.725. The summed E-state index contributed by atoms with van der Waals surface area (Å²) in [5, 5.41) is 2.94. The number of para-hydroxylation sites is 1. The lowest BCUT2D eigenvalue weighted by atomic mass is 9.77. The number of hydrogen-bond donors (Lipinski definition) is 1. The molecule has 4 heterocycles. The summed E-state index contributed by atoms with van der Waals surface area (Å²) >= 11 is 0. The maximum atomic E-state index is 13.4. The molecule has 7 nitrogen and oxygen atoms in total. The van der Waals surface area contributed by atoms with Crippen molar-refractivity contribution in [3.8, 4) is 11.5 Å². The quantitative estimate of drug-likeness (QED) is 0.792. The number of fused-ring (bicyclic) bond motifs is 2. The van der Waals surface area contributed by atoms with E-state index in [1.165, 1.54) is 0 Å². The molecule has 2 saturated heterocycles. The molecule has 0 saturated carbocycles. The smallest absolute Gasteiger partial charge is 0.231 e. The summed E-state index contributed by atoms with van der Waals surface area (Å²) in [7, 11) is 0. The molecule has 2 fully saturated rings. The van der Waals surface area contributed by atoms with E-state index in [1.54, 1.807) is 4.90 Å². The van der Waals surface area contributed by atoms with Crippen molar-refractivity contribution in [3.05, 3.63) is 66.2 Å². The van der Waals surface area contributed by atoms with Crippen molar-refractivity contribution in [2.24, 2.45) is 11.8 Å². The number of rotatable bonds is 4. The topological polar surface area (TPSA) is 77.1 Å². The summed E-state index contributed by atoms with van der Waals surface area (Å²) in [4.78, 5) is 28.2. The lowest BCUT2D eigenvalue weighted by Crippen LogP contribution is -2.41. The van der Waals surface area contributed by atoms with Gasteiger partial charge in [-0.1, -0.05) is 36.4 Å². The molecule has 7 heteroatoms. The highest BCUT2D eigenvalue weighted by molar-refractivity contribution is 5.99. The zero-order valence-electron chi connectivity index (χ0n) is 16.1. The zero-order valence-corrected chi connectivity index (χ0v) is 16.1. The molecular formula is C23H20N2O5. The fourth-order valence-corrected chi connectivity index (χ4v) is 5.02. The van der Waals surface area contributed by atoms with Crippen LogP contribution in [-0.4, -0.2) is 41.8 Å². The second-order valence-electron chi connectivity index (χ2n) is 8.14. The van der Waals surface area contributed by atoms with Gasteiger partial charge in [-0.25, -0.2) is 0 Å². The number of carbonyl (C=O) groups excluding carboxylic acids is 2. The molecule has 2 aromatic carbocycles. The van der Waals surface area contributed by atoms with Gasteiger partial charge in [-0.05, 0) is 29.8 Å². The summed E-state index contributed by atoms with van der Waals surface area (Å²) in [5.74, 6) is 0.127. The molecule has 4 aliphatic heterocycles. The third-order valence-corrected chi connectivity index (χ3v) is 6.33. The van der Waals surface area contributed by atoms with Crippen LogP contribution >= 0.6 is 0 Å². The minimum absolute atomic E-state index is 0.0484. The molecule has 4 atom stereocenters. The summed E-state index contributed by atoms with van der Waals surface area (Å²) in [6.45, 7) is 1.08. The lowest BCUT2D eigenvalue weighted by molar-refractivity contribution is -0.136. The summed E-state index contributed by atoms with van der Waals surface area (Å²) in [5.41, 5.74) is 0.940. The van der Waals surface area contributed by atoms with Crippen molar-refractivity contribution in [1.29, 1.82) is 0 Å². The largest absolute Gasteiger partial charge is 0.454 e. The van der Waals surface area contributed by atoms with Gasteiger partial charge in [0.1, 0.15) is 5.60 Å². The monoisotopic (exact) mass is 404 g/mol. The third-order valence-electron chi connectivity index (χ3n) is 6.33. The minimum Gasteiger partial charge on any atom is -0.454 e. The van der Waals surface area contributed by atoms with Gasteiger partial charge in [-0.2, -0.15) is 0 Å². The van der Waals surface area contributed by atoms with Crippen LogP contribution in [0.25, 0.3) is 0 Å². The average Bonchev–Trinajstić information content (AvgIpc) is 3.50. The Morgan fingerprint density at radius 1 is 1.13 bits per heavy atom. The Balaban J connectivity index is 1.24. The van der Waals surface area contributed by atoms with Crippen LogP contribution in [0.4, 0.5) is 5.69 Å². The van der Waals surface area contributed by atoms with E-state index in [1.807, 2.05) is 60.7 Å². The SMILES string of the molecule is O=C(Nc1ccccc1)[C@@H]1[C@@H]2C=C[C@@]3(CN(Cc4ccc5c(c4)OCO5)C(=O)[C@@H]13)O2. The first-order valence-corrected chi connectivity index (χ1v) is 10.0. The highest BCUT2D eigenvalue weighted by atomic mass is 16.7. The number of nitrogens with one attached hydrogen (secondary N) is 1. The Bertz CT molecular complexity index is 1070. The van der Waals surface area contributed by atoms with Crippen LogP contribution in [0.2, 0.25) is 0 Å². The van der Waals surface area contributed by atoms with Gasteiger partial charge in [-0.3, -0.25) is 9.59 Å². The van der Waals surface area contributed by atoms with Crippen LogP contribution in [0.5, 0.6) is 11.5 Å². The fourth-order valence-electron chi connectivity index (χ4n) is 5.02. The van der Waals surface area contributed by atoms with Gasteiger partial charge in [0.05, 0.1) is 24.5 Å². The van der Waals surface area contributed by atoms with Crippen molar-refractivity contribution < 1.29 is 23.8 Å². The Hall–Kier alpha value is -3.32. The summed E-state index contributed by atoms with van der Waals surface area (Å²) < 4.78 is 17.0. The van der Waals surface area contributed by atoms with Crippen LogP contribution in [-0.2, 0) is 20.9 Å². The number of benzene rings is 2. The first-order valence-electron chi connectivity index (χ1n) is 10.0. The zero-order chi connectivity index (χ0) is 20.3. The van der Waals surface area contributed by atoms with E-state index in [2.05, 4.69) is 5.32 Å². The third kappa shape index (κ3) is 2.55. The molecule has 1 N–H and O–H groups in total. The van der Waals surface area contributed by atoms with E-state index in [9.17, 15) is 9.59 Å². The number of hydrogen-bond acceptors (Lipinski definition) is 5. The van der Waals surface area contributed by atoms with Gasteiger partial charge in [0.2, 0.25) is 18.6 Å². The van der Waals surface area contributed by atoms with Crippen LogP contribution in [0.15, 0.2) is 60.7 Å². The van der Waals surface area contributed by atoms with Crippen molar-refractivity contribution in [2.75, 3.05) is 18.7 Å². The standard InChI is InChI=1S/C23H20N2O5/c26-21(24-15-4-2-1-3-5-15)19-17-8-9-23(30-17)12-25(22(27)20(19)23)11-14-6-7-16-18(10-14)29-13-28-16/h1-10,17,19-20H,11-13H2,(H,24,26)/t17-,19+,20+,23-/m0/s1. The van der Waals surface area contributed by atoms with Crippen molar-refractivity contribution in [2.45, 2.75) is 18.2 Å². The maximum absolute atomic E-state index is 13.4. The Morgan fingerprint density at radius 3 is 2.83 bits per heavy atom. The molecule has 4 aliphatic rings. The number of ether oxygens (including phenoxy) is 3. The van der Waals surface area contributed by atoms with Crippen molar-refractivity contribution in [1.82, 2.24) is 4.90 Å². The number of amides is 2. The molecule has 1 spiro atoms. The Kier molecular flexibility index (Phi) is 3.70. The van der Waals surface area contributed by atoms with E-state index in [0.717, 1.165) is 5.56 Å². The van der Waals surface area contributed by atoms with Gasteiger partial charge in [0.15, 0.2) is 11.5 Å². The highest BCUT2D eigenvalue weighted by Crippen LogP contribution is 2.52. The van der Waals surface area contributed by atoms with Crippen LogP contribution in [0, 0.1) is 11.8 Å². The van der Waals surface area contributed by atoms with E-state index < -0.39 is 17.4 Å². The highest BCUT2D eigenvalue weighted by Gasteiger charge is 2.66.